The minimum atomic E-state index is 0.0369. The number of anilines is 1. The fourth-order valence-corrected chi connectivity index (χ4v) is 4.69. The predicted octanol–water partition coefficient (Wildman–Crippen LogP) is 4.35. The van der Waals surface area contributed by atoms with E-state index in [1.54, 1.807) is 17.7 Å². The molecular formula is C24H28N4O2S. The van der Waals surface area contributed by atoms with Crippen molar-refractivity contribution in [1.82, 2.24) is 14.9 Å². The van der Waals surface area contributed by atoms with E-state index < -0.39 is 0 Å². The fraction of sp³-hybridized carbons (Fsp3) is 0.417. The van der Waals surface area contributed by atoms with Gasteiger partial charge in [-0.05, 0) is 29.9 Å². The van der Waals surface area contributed by atoms with Crippen molar-refractivity contribution in [1.29, 1.82) is 0 Å². The van der Waals surface area contributed by atoms with Gasteiger partial charge in [0.1, 0.15) is 17.0 Å². The summed E-state index contributed by atoms with van der Waals surface area (Å²) in [6, 6.07) is 9.89. The molecule has 1 saturated heterocycles. The van der Waals surface area contributed by atoms with Gasteiger partial charge in [-0.15, -0.1) is 11.3 Å². The van der Waals surface area contributed by atoms with Crippen molar-refractivity contribution >= 4 is 39.1 Å². The van der Waals surface area contributed by atoms with Gasteiger partial charge in [0.05, 0.1) is 5.39 Å². The summed E-state index contributed by atoms with van der Waals surface area (Å²) in [6.45, 7) is 4.94. The predicted molar refractivity (Wildman–Crippen MR) is 125 cm³/mol. The number of nitrogens with zero attached hydrogens (tertiary/aromatic N) is 4. The molecule has 0 saturated carbocycles. The Morgan fingerprint density at radius 2 is 1.77 bits per heavy atom. The summed E-state index contributed by atoms with van der Waals surface area (Å²) in [7, 11) is 0. The lowest BCUT2D eigenvalue weighted by Crippen LogP contribution is -2.49. The van der Waals surface area contributed by atoms with Crippen LogP contribution in [0, 0.1) is 0 Å². The number of hydrogen-bond acceptors (Lipinski definition) is 6. The number of Topliss-reactive ketones (excluding diaryl/α,β-unsaturated/α-hetero) is 1. The van der Waals surface area contributed by atoms with Crippen LogP contribution in [0.5, 0.6) is 0 Å². The van der Waals surface area contributed by atoms with Gasteiger partial charge in [-0.1, -0.05) is 37.6 Å². The fourth-order valence-electron chi connectivity index (χ4n) is 3.96. The average molecular weight is 437 g/mol. The summed E-state index contributed by atoms with van der Waals surface area (Å²) in [6.07, 6.45) is 5.49. The molecule has 162 valence electrons. The van der Waals surface area contributed by atoms with Crippen LogP contribution in [0.25, 0.3) is 10.2 Å². The van der Waals surface area contributed by atoms with E-state index in [9.17, 15) is 9.59 Å². The van der Waals surface area contributed by atoms with Crippen LogP contribution in [-0.4, -0.2) is 52.7 Å². The number of unbranched alkanes of at least 4 members (excludes halogenated alkanes) is 1. The van der Waals surface area contributed by atoms with Gasteiger partial charge in [0.2, 0.25) is 5.91 Å². The number of aryl methyl sites for hydroxylation is 1. The molecule has 2 aromatic heterocycles. The minimum absolute atomic E-state index is 0.0369. The first-order valence-corrected chi connectivity index (χ1v) is 11.9. The number of thiophene rings is 1. The SMILES string of the molecule is CCCCc1ccc(C(=O)CCC(=O)N2CCN(c3ncnc4sccc34)CC2)cc1. The number of fused-ring (bicyclic) bond motifs is 1. The molecule has 0 N–H and O–H groups in total. The number of aromatic nitrogens is 2. The van der Waals surface area contributed by atoms with Crippen LogP contribution in [-0.2, 0) is 11.2 Å². The maximum Gasteiger partial charge on any atom is 0.223 e. The van der Waals surface area contributed by atoms with Gasteiger partial charge >= 0.3 is 0 Å². The number of hydrogen-bond donors (Lipinski definition) is 0. The summed E-state index contributed by atoms with van der Waals surface area (Å²) in [4.78, 5) is 39.0. The molecule has 7 heteroatoms. The standard InChI is InChI=1S/C24H28N4O2S/c1-2-3-4-18-5-7-19(8-6-18)21(29)9-10-22(30)27-12-14-28(15-13-27)23-20-11-16-31-24(20)26-17-25-23/h5-8,11,16-17H,2-4,9-10,12-15H2,1H3. The molecule has 0 unspecified atom stereocenters. The van der Waals surface area contributed by atoms with Gasteiger partial charge in [0.15, 0.2) is 5.78 Å². The third-order valence-electron chi connectivity index (χ3n) is 5.83. The average Bonchev–Trinajstić information content (AvgIpc) is 3.30. The van der Waals surface area contributed by atoms with Crippen LogP contribution in [0.3, 0.4) is 0 Å². The molecule has 31 heavy (non-hydrogen) atoms. The Hall–Kier alpha value is -2.80. The second-order valence-electron chi connectivity index (χ2n) is 7.93. The Morgan fingerprint density at radius 3 is 2.52 bits per heavy atom. The second kappa shape index (κ2) is 10.0. The number of ketones is 1. The molecule has 1 aliphatic rings. The Balaban J connectivity index is 1.26. The quantitative estimate of drug-likeness (QED) is 0.491. The molecule has 6 nitrogen and oxygen atoms in total. The van der Waals surface area contributed by atoms with Crippen molar-refractivity contribution in [3.8, 4) is 0 Å². The van der Waals surface area contributed by atoms with Crippen molar-refractivity contribution in [2.75, 3.05) is 31.1 Å². The number of piperazine rings is 1. The molecule has 3 heterocycles. The number of benzene rings is 1. The normalized spacial score (nSPS) is 14.2. The molecule has 1 amide bonds. The molecule has 0 aliphatic carbocycles. The third kappa shape index (κ3) is 5.10. The van der Waals surface area contributed by atoms with E-state index in [1.807, 2.05) is 34.5 Å². The summed E-state index contributed by atoms with van der Waals surface area (Å²) in [5, 5.41) is 3.09. The van der Waals surface area contributed by atoms with E-state index in [0.29, 0.717) is 18.7 Å². The first-order valence-electron chi connectivity index (χ1n) is 11.0. The largest absolute Gasteiger partial charge is 0.352 e. The molecule has 3 aromatic rings. The highest BCUT2D eigenvalue weighted by atomic mass is 32.1. The number of carbonyl (C=O) groups excluding carboxylic acids is 2. The second-order valence-corrected chi connectivity index (χ2v) is 8.82. The molecule has 0 radical (unpaired) electrons. The van der Waals surface area contributed by atoms with E-state index in [-0.39, 0.29) is 24.5 Å². The lowest BCUT2D eigenvalue weighted by Gasteiger charge is -2.35. The summed E-state index contributed by atoms with van der Waals surface area (Å²) >= 11 is 1.61. The van der Waals surface area contributed by atoms with Crippen LogP contribution < -0.4 is 4.90 Å². The van der Waals surface area contributed by atoms with Crippen molar-refractivity contribution in [2.45, 2.75) is 39.0 Å². The van der Waals surface area contributed by atoms with Crippen LogP contribution in [0.4, 0.5) is 5.82 Å². The first-order chi connectivity index (χ1) is 15.2. The maximum atomic E-state index is 12.7. The Kier molecular flexibility index (Phi) is 6.92. The zero-order valence-corrected chi connectivity index (χ0v) is 18.7. The lowest BCUT2D eigenvalue weighted by molar-refractivity contribution is -0.131. The maximum absolute atomic E-state index is 12.7. The Labute approximate surface area is 186 Å². The van der Waals surface area contributed by atoms with E-state index >= 15 is 0 Å². The first kappa shape index (κ1) is 21.4. The van der Waals surface area contributed by atoms with Gasteiger partial charge in [0.25, 0.3) is 0 Å². The molecule has 4 rings (SSSR count). The molecule has 0 spiro atoms. The minimum Gasteiger partial charge on any atom is -0.352 e. The molecular weight excluding hydrogens is 408 g/mol. The van der Waals surface area contributed by atoms with Crippen molar-refractivity contribution in [3.63, 3.8) is 0 Å². The Morgan fingerprint density at radius 1 is 1.00 bits per heavy atom. The van der Waals surface area contributed by atoms with Crippen molar-refractivity contribution < 1.29 is 9.59 Å². The van der Waals surface area contributed by atoms with E-state index in [0.717, 1.165) is 48.4 Å². The van der Waals surface area contributed by atoms with Gasteiger partial charge in [0, 0.05) is 44.6 Å². The number of carbonyl (C=O) groups is 2. The van der Waals surface area contributed by atoms with Crippen molar-refractivity contribution in [3.05, 3.63) is 53.2 Å². The lowest BCUT2D eigenvalue weighted by atomic mass is 10.0. The molecule has 0 bridgehead atoms. The molecule has 0 atom stereocenters. The smallest absolute Gasteiger partial charge is 0.223 e. The van der Waals surface area contributed by atoms with Crippen LogP contribution in [0.1, 0.15) is 48.5 Å². The molecule has 1 aromatic carbocycles. The highest BCUT2D eigenvalue weighted by Gasteiger charge is 2.23. The van der Waals surface area contributed by atoms with Crippen LogP contribution in [0.2, 0.25) is 0 Å². The van der Waals surface area contributed by atoms with Crippen molar-refractivity contribution in [2.24, 2.45) is 0 Å². The van der Waals surface area contributed by atoms with Gasteiger partial charge in [-0.3, -0.25) is 9.59 Å². The van der Waals surface area contributed by atoms with E-state index in [1.165, 1.54) is 5.56 Å². The summed E-state index contributed by atoms with van der Waals surface area (Å²) < 4.78 is 0. The van der Waals surface area contributed by atoms with Crippen LogP contribution in [0.15, 0.2) is 42.0 Å². The van der Waals surface area contributed by atoms with Gasteiger partial charge < -0.3 is 9.80 Å². The number of rotatable bonds is 8. The zero-order valence-electron chi connectivity index (χ0n) is 17.9. The Bertz CT molecular complexity index is 1040. The summed E-state index contributed by atoms with van der Waals surface area (Å²) in [5.74, 6) is 1.03. The van der Waals surface area contributed by atoms with Gasteiger partial charge in [-0.2, -0.15) is 0 Å². The molecule has 1 fully saturated rings. The number of amides is 1. The zero-order chi connectivity index (χ0) is 21.6. The molecule has 1 aliphatic heterocycles. The highest BCUT2D eigenvalue weighted by molar-refractivity contribution is 7.16. The highest BCUT2D eigenvalue weighted by Crippen LogP contribution is 2.27. The van der Waals surface area contributed by atoms with Gasteiger partial charge in [-0.25, -0.2) is 9.97 Å². The topological polar surface area (TPSA) is 66.4 Å². The van der Waals surface area contributed by atoms with E-state index in [2.05, 4.69) is 27.9 Å². The monoisotopic (exact) mass is 436 g/mol. The van der Waals surface area contributed by atoms with Crippen LogP contribution >= 0.6 is 11.3 Å². The third-order valence-corrected chi connectivity index (χ3v) is 6.65. The van der Waals surface area contributed by atoms with E-state index in [4.69, 9.17) is 0 Å². The summed E-state index contributed by atoms with van der Waals surface area (Å²) in [5.41, 5.74) is 1.96.